The van der Waals surface area contributed by atoms with E-state index < -0.39 is 0 Å². The van der Waals surface area contributed by atoms with Crippen molar-refractivity contribution in [2.24, 2.45) is 0 Å². The third kappa shape index (κ3) is 1.15. The SMILES string of the molecule is CC1=CC[NH+]=CC1. The van der Waals surface area contributed by atoms with Gasteiger partial charge in [0.15, 0.2) is 6.54 Å². The van der Waals surface area contributed by atoms with Crippen LogP contribution in [0.4, 0.5) is 0 Å². The van der Waals surface area contributed by atoms with Gasteiger partial charge in [0.05, 0.1) is 0 Å². The van der Waals surface area contributed by atoms with E-state index in [-0.39, 0.29) is 0 Å². The molecule has 0 fully saturated rings. The van der Waals surface area contributed by atoms with Crippen LogP contribution in [0.3, 0.4) is 0 Å². The highest BCUT2D eigenvalue weighted by atomic mass is 14.7. The maximum Gasteiger partial charge on any atom is 0.159 e. The van der Waals surface area contributed by atoms with Crippen molar-refractivity contribution in [3.63, 3.8) is 0 Å². The molecule has 1 heterocycles. The fourth-order valence-electron chi connectivity index (χ4n) is 0.633. The summed E-state index contributed by atoms with van der Waals surface area (Å²) in [5, 5.41) is 0. The lowest BCUT2D eigenvalue weighted by Gasteiger charge is -1.92. The van der Waals surface area contributed by atoms with Crippen LogP contribution in [-0.4, -0.2) is 12.8 Å². The number of hydrogen-bond acceptors (Lipinski definition) is 0. The highest BCUT2D eigenvalue weighted by molar-refractivity contribution is 5.55. The second-order valence-electron chi connectivity index (χ2n) is 1.87. The zero-order chi connectivity index (χ0) is 5.11. The average molecular weight is 96.2 g/mol. The minimum Gasteiger partial charge on any atom is -0.248 e. The summed E-state index contributed by atoms with van der Waals surface area (Å²) < 4.78 is 0. The van der Waals surface area contributed by atoms with Gasteiger partial charge in [-0.05, 0) is 13.0 Å². The Balaban J connectivity index is 2.50. The van der Waals surface area contributed by atoms with E-state index in [1.54, 1.807) is 0 Å². The first-order valence-electron chi connectivity index (χ1n) is 2.60. The zero-order valence-corrected chi connectivity index (χ0v) is 4.57. The lowest BCUT2D eigenvalue weighted by molar-refractivity contribution is -0.441. The molecule has 0 aromatic carbocycles. The first-order valence-corrected chi connectivity index (χ1v) is 2.60. The van der Waals surface area contributed by atoms with Crippen LogP contribution >= 0.6 is 0 Å². The Morgan fingerprint density at radius 2 is 2.57 bits per heavy atom. The van der Waals surface area contributed by atoms with Gasteiger partial charge in [-0.3, -0.25) is 0 Å². The first-order chi connectivity index (χ1) is 3.39. The van der Waals surface area contributed by atoms with Gasteiger partial charge in [-0.1, -0.05) is 5.57 Å². The second-order valence-corrected chi connectivity index (χ2v) is 1.87. The monoisotopic (exact) mass is 96.1 g/mol. The Bertz CT molecular complexity index is 111. The fourth-order valence-corrected chi connectivity index (χ4v) is 0.633. The molecule has 0 aliphatic carbocycles. The highest BCUT2D eigenvalue weighted by Crippen LogP contribution is 1.93. The van der Waals surface area contributed by atoms with E-state index in [1.165, 1.54) is 5.57 Å². The third-order valence-electron chi connectivity index (χ3n) is 1.14. The van der Waals surface area contributed by atoms with E-state index in [1.807, 2.05) is 0 Å². The molecule has 0 aromatic rings. The summed E-state index contributed by atoms with van der Waals surface area (Å²) in [6, 6.07) is 0. The summed E-state index contributed by atoms with van der Waals surface area (Å²) >= 11 is 0. The van der Waals surface area contributed by atoms with Gasteiger partial charge < -0.3 is 0 Å². The van der Waals surface area contributed by atoms with Gasteiger partial charge in [0, 0.05) is 6.42 Å². The van der Waals surface area contributed by atoms with Crippen molar-refractivity contribution >= 4 is 6.21 Å². The van der Waals surface area contributed by atoms with Gasteiger partial charge >= 0.3 is 0 Å². The molecule has 0 amide bonds. The van der Waals surface area contributed by atoms with Crippen molar-refractivity contribution < 1.29 is 4.99 Å². The summed E-state index contributed by atoms with van der Waals surface area (Å²) in [6.45, 7) is 3.17. The van der Waals surface area contributed by atoms with E-state index in [4.69, 9.17) is 0 Å². The van der Waals surface area contributed by atoms with Crippen molar-refractivity contribution in [1.29, 1.82) is 0 Å². The van der Waals surface area contributed by atoms with Gasteiger partial charge in [-0.25, -0.2) is 4.99 Å². The maximum atomic E-state index is 3.11. The fraction of sp³-hybridized carbons (Fsp3) is 0.500. The van der Waals surface area contributed by atoms with E-state index in [0.717, 1.165) is 13.0 Å². The lowest BCUT2D eigenvalue weighted by Crippen LogP contribution is -2.69. The Kier molecular flexibility index (Phi) is 1.25. The van der Waals surface area contributed by atoms with Crippen molar-refractivity contribution in [3.8, 4) is 0 Å². The minimum atomic E-state index is 1.02. The van der Waals surface area contributed by atoms with Crippen LogP contribution in [-0.2, 0) is 0 Å². The molecule has 1 aliphatic rings. The number of rotatable bonds is 0. The molecule has 1 aliphatic heterocycles. The normalized spacial score (nSPS) is 19.3. The van der Waals surface area contributed by atoms with Crippen LogP contribution in [0.5, 0.6) is 0 Å². The van der Waals surface area contributed by atoms with Crippen LogP contribution in [0.25, 0.3) is 0 Å². The molecule has 0 bridgehead atoms. The molecule has 1 rings (SSSR count). The standard InChI is InChI=1S/C6H9N/c1-6-2-4-7-5-3-6/h2,5H,3-4H2,1H3/p+1. The molecule has 38 valence electrons. The first kappa shape index (κ1) is 4.57. The molecule has 0 unspecified atom stereocenters. The Hall–Kier alpha value is -0.590. The summed E-state index contributed by atoms with van der Waals surface area (Å²) in [6.07, 6.45) is 5.41. The van der Waals surface area contributed by atoms with E-state index in [2.05, 4.69) is 24.2 Å². The summed E-state index contributed by atoms with van der Waals surface area (Å²) in [4.78, 5) is 3.11. The highest BCUT2D eigenvalue weighted by Gasteiger charge is 1.93. The molecule has 0 atom stereocenters. The molecule has 0 radical (unpaired) electrons. The number of nitrogens with one attached hydrogen (secondary N) is 1. The predicted molar refractivity (Wildman–Crippen MR) is 30.3 cm³/mol. The van der Waals surface area contributed by atoms with Gasteiger partial charge in [0.25, 0.3) is 0 Å². The minimum absolute atomic E-state index is 1.02. The smallest absolute Gasteiger partial charge is 0.159 e. The van der Waals surface area contributed by atoms with E-state index in [9.17, 15) is 0 Å². The van der Waals surface area contributed by atoms with Gasteiger partial charge in [0.2, 0.25) is 0 Å². The molecule has 0 spiro atoms. The average Bonchev–Trinajstić information content (AvgIpc) is 1.69. The van der Waals surface area contributed by atoms with Crippen molar-refractivity contribution in [2.75, 3.05) is 6.54 Å². The molecule has 7 heavy (non-hydrogen) atoms. The van der Waals surface area contributed by atoms with Gasteiger partial charge in [0.1, 0.15) is 6.21 Å². The van der Waals surface area contributed by atoms with Crippen molar-refractivity contribution in [1.82, 2.24) is 0 Å². The molecule has 1 N–H and O–H groups in total. The summed E-state index contributed by atoms with van der Waals surface area (Å²) in [7, 11) is 0. The Labute approximate surface area is 43.8 Å². The van der Waals surface area contributed by atoms with Crippen LogP contribution in [0.2, 0.25) is 0 Å². The molecule has 0 saturated carbocycles. The lowest BCUT2D eigenvalue weighted by atomic mass is 10.2. The molecule has 0 aromatic heterocycles. The van der Waals surface area contributed by atoms with Crippen molar-refractivity contribution in [3.05, 3.63) is 11.6 Å². The molecule has 1 heteroatoms. The maximum absolute atomic E-state index is 3.11. The van der Waals surface area contributed by atoms with Crippen LogP contribution < -0.4 is 4.99 Å². The molecular formula is C6H10N+. The number of hydrogen-bond donors (Lipinski definition) is 1. The Morgan fingerprint density at radius 3 is 2.86 bits per heavy atom. The zero-order valence-electron chi connectivity index (χ0n) is 4.57. The summed E-state index contributed by atoms with van der Waals surface area (Å²) in [5.41, 5.74) is 1.47. The van der Waals surface area contributed by atoms with Crippen LogP contribution in [0.15, 0.2) is 11.6 Å². The van der Waals surface area contributed by atoms with Gasteiger partial charge in [-0.2, -0.15) is 0 Å². The quantitative estimate of drug-likeness (QED) is 0.390. The van der Waals surface area contributed by atoms with Crippen molar-refractivity contribution in [2.45, 2.75) is 13.3 Å². The second kappa shape index (κ2) is 1.92. The van der Waals surface area contributed by atoms with Gasteiger partial charge in [-0.15, -0.1) is 0 Å². The third-order valence-corrected chi connectivity index (χ3v) is 1.14. The molecule has 1 nitrogen and oxygen atoms in total. The topological polar surface area (TPSA) is 14.0 Å². The van der Waals surface area contributed by atoms with Crippen LogP contribution in [0.1, 0.15) is 13.3 Å². The largest absolute Gasteiger partial charge is 0.248 e. The predicted octanol–water partition coefficient (Wildman–Crippen LogP) is -0.512. The molecule has 0 saturated heterocycles. The Morgan fingerprint density at radius 1 is 1.71 bits per heavy atom. The number of allylic oxidation sites excluding steroid dienone is 1. The molecular weight excluding hydrogens is 86.1 g/mol. The van der Waals surface area contributed by atoms with E-state index in [0.29, 0.717) is 0 Å². The van der Waals surface area contributed by atoms with E-state index >= 15 is 0 Å². The van der Waals surface area contributed by atoms with Crippen LogP contribution in [0, 0.1) is 0 Å². The summed E-state index contributed by atoms with van der Waals surface area (Å²) in [5.74, 6) is 0.